The number of benzene rings is 1. The summed E-state index contributed by atoms with van der Waals surface area (Å²) in [6.45, 7) is 0.845. The molecule has 1 aromatic heterocycles. The van der Waals surface area contributed by atoms with Crippen molar-refractivity contribution < 1.29 is 0 Å². The fourth-order valence-electron chi connectivity index (χ4n) is 1.69. The molecule has 2 rings (SSSR count). The number of terminal acetylenes is 1. The maximum absolute atomic E-state index is 6.12. The normalized spacial score (nSPS) is 10.1. The predicted octanol–water partition coefficient (Wildman–Crippen LogP) is 3.71. The first-order valence-corrected chi connectivity index (χ1v) is 5.91. The van der Waals surface area contributed by atoms with Crippen molar-refractivity contribution in [3.05, 3.63) is 35.5 Å². The van der Waals surface area contributed by atoms with Crippen LogP contribution >= 0.6 is 11.6 Å². The Kier molecular flexibility index (Phi) is 3.85. The number of anilines is 1. The van der Waals surface area contributed by atoms with Gasteiger partial charge in [-0.3, -0.25) is 4.98 Å². The summed E-state index contributed by atoms with van der Waals surface area (Å²) in [4.78, 5) is 4.35. The quantitative estimate of drug-likeness (QED) is 0.655. The molecule has 0 atom stereocenters. The van der Waals surface area contributed by atoms with Crippen LogP contribution in [0.3, 0.4) is 0 Å². The first kappa shape index (κ1) is 11.8. The second-order valence-corrected chi connectivity index (χ2v) is 4.14. The Bertz CT molecular complexity index is 558. The molecule has 0 saturated heterocycles. The van der Waals surface area contributed by atoms with E-state index >= 15 is 0 Å². The van der Waals surface area contributed by atoms with Crippen LogP contribution in [0.5, 0.6) is 0 Å². The van der Waals surface area contributed by atoms with E-state index in [4.69, 9.17) is 18.0 Å². The Morgan fingerprint density at radius 2 is 2.24 bits per heavy atom. The van der Waals surface area contributed by atoms with Gasteiger partial charge in [-0.2, -0.15) is 0 Å². The van der Waals surface area contributed by atoms with E-state index in [0.29, 0.717) is 0 Å². The third-order valence-corrected chi connectivity index (χ3v) is 2.86. The largest absolute Gasteiger partial charge is 0.383 e. The molecule has 1 heterocycles. The molecule has 0 aliphatic heterocycles. The first-order valence-electron chi connectivity index (χ1n) is 5.53. The number of fused-ring (bicyclic) bond motifs is 1. The van der Waals surface area contributed by atoms with E-state index < -0.39 is 0 Å². The molecule has 0 bridgehead atoms. The summed E-state index contributed by atoms with van der Waals surface area (Å²) in [5, 5.41) is 5.03. The van der Waals surface area contributed by atoms with E-state index in [9.17, 15) is 0 Å². The van der Waals surface area contributed by atoms with Crippen molar-refractivity contribution in [2.75, 3.05) is 11.9 Å². The maximum atomic E-state index is 6.12. The minimum Gasteiger partial charge on any atom is -0.383 e. The van der Waals surface area contributed by atoms with Crippen molar-refractivity contribution in [2.45, 2.75) is 12.8 Å². The van der Waals surface area contributed by atoms with Gasteiger partial charge in [0, 0.05) is 24.5 Å². The zero-order chi connectivity index (χ0) is 12.1. The lowest BCUT2D eigenvalue weighted by Crippen LogP contribution is -2.02. The van der Waals surface area contributed by atoms with Gasteiger partial charge in [0.2, 0.25) is 0 Å². The number of nitrogens with one attached hydrogen (secondary N) is 1. The van der Waals surface area contributed by atoms with Gasteiger partial charge in [0.15, 0.2) is 0 Å². The van der Waals surface area contributed by atoms with Gasteiger partial charge in [0.25, 0.3) is 0 Å². The molecule has 0 aliphatic carbocycles. The zero-order valence-electron chi connectivity index (χ0n) is 9.41. The molecule has 0 aliphatic rings. The molecule has 0 radical (unpaired) electrons. The summed E-state index contributed by atoms with van der Waals surface area (Å²) in [7, 11) is 0. The Morgan fingerprint density at radius 1 is 1.35 bits per heavy atom. The lowest BCUT2D eigenvalue weighted by molar-refractivity contribution is 0.908. The molecular weight excluding hydrogens is 232 g/mol. The molecule has 2 nitrogen and oxygen atoms in total. The second kappa shape index (κ2) is 5.56. The summed E-state index contributed by atoms with van der Waals surface area (Å²) >= 11 is 6.12. The number of halogens is 1. The van der Waals surface area contributed by atoms with Crippen LogP contribution in [-0.4, -0.2) is 11.5 Å². The van der Waals surface area contributed by atoms with Crippen LogP contribution < -0.4 is 5.32 Å². The van der Waals surface area contributed by atoms with Crippen LogP contribution in [0.1, 0.15) is 12.8 Å². The van der Waals surface area contributed by atoms with Crippen molar-refractivity contribution >= 4 is 28.2 Å². The van der Waals surface area contributed by atoms with Crippen molar-refractivity contribution in [2.24, 2.45) is 0 Å². The number of pyridine rings is 1. The molecule has 0 amide bonds. The SMILES string of the molecule is C#CCCCNc1ccc(Cl)c2cccnc12. The molecule has 17 heavy (non-hydrogen) atoms. The van der Waals surface area contributed by atoms with E-state index in [1.54, 1.807) is 6.20 Å². The summed E-state index contributed by atoms with van der Waals surface area (Å²) in [6.07, 6.45) is 8.72. The Labute approximate surface area is 106 Å². The third-order valence-electron chi connectivity index (χ3n) is 2.53. The van der Waals surface area contributed by atoms with Crippen molar-refractivity contribution in [1.29, 1.82) is 0 Å². The number of rotatable bonds is 4. The minimum absolute atomic E-state index is 0.724. The van der Waals surface area contributed by atoms with Crippen LogP contribution in [0.2, 0.25) is 5.02 Å². The van der Waals surface area contributed by atoms with Crippen LogP contribution in [0.25, 0.3) is 10.9 Å². The molecule has 1 N–H and O–H groups in total. The molecular formula is C14H13ClN2. The highest BCUT2D eigenvalue weighted by Crippen LogP contribution is 2.27. The summed E-state index contributed by atoms with van der Waals surface area (Å²) in [5.74, 6) is 2.62. The molecule has 1 aromatic carbocycles. The topological polar surface area (TPSA) is 24.9 Å². The maximum Gasteiger partial charge on any atom is 0.0948 e. The molecule has 3 heteroatoms. The molecule has 86 valence electrons. The van der Waals surface area contributed by atoms with Crippen molar-refractivity contribution in [1.82, 2.24) is 4.98 Å². The van der Waals surface area contributed by atoms with E-state index in [1.165, 1.54) is 0 Å². The average molecular weight is 245 g/mol. The minimum atomic E-state index is 0.724. The fourth-order valence-corrected chi connectivity index (χ4v) is 1.91. The number of aromatic nitrogens is 1. The Morgan fingerprint density at radius 3 is 3.06 bits per heavy atom. The first-order chi connectivity index (χ1) is 8.33. The van der Waals surface area contributed by atoms with Crippen LogP contribution in [0.4, 0.5) is 5.69 Å². The standard InChI is InChI=1S/C14H13ClN2/c1-2-3-4-9-16-13-8-7-12(15)11-6-5-10-17-14(11)13/h1,5-8,10,16H,3-4,9H2. The highest BCUT2D eigenvalue weighted by atomic mass is 35.5. The van der Waals surface area contributed by atoms with Gasteiger partial charge in [-0.15, -0.1) is 12.3 Å². The smallest absolute Gasteiger partial charge is 0.0948 e. The number of nitrogens with zero attached hydrogens (tertiary/aromatic N) is 1. The van der Waals surface area contributed by atoms with E-state index in [-0.39, 0.29) is 0 Å². The van der Waals surface area contributed by atoms with E-state index in [1.807, 2.05) is 24.3 Å². The van der Waals surface area contributed by atoms with Gasteiger partial charge in [0.1, 0.15) is 0 Å². The average Bonchev–Trinajstić information content (AvgIpc) is 2.37. The van der Waals surface area contributed by atoms with Gasteiger partial charge >= 0.3 is 0 Å². The van der Waals surface area contributed by atoms with Crippen LogP contribution in [0.15, 0.2) is 30.5 Å². The van der Waals surface area contributed by atoms with Crippen LogP contribution in [0, 0.1) is 12.3 Å². The lowest BCUT2D eigenvalue weighted by Gasteiger charge is -2.09. The van der Waals surface area contributed by atoms with Gasteiger partial charge in [-0.05, 0) is 30.7 Å². The van der Waals surface area contributed by atoms with E-state index in [2.05, 4.69) is 16.2 Å². The molecule has 0 fully saturated rings. The Hall–Kier alpha value is -1.72. The van der Waals surface area contributed by atoms with Crippen LogP contribution in [-0.2, 0) is 0 Å². The predicted molar refractivity (Wildman–Crippen MR) is 73.3 cm³/mol. The number of hydrogen-bond donors (Lipinski definition) is 1. The number of unbranched alkanes of at least 4 members (excludes halogenated alkanes) is 1. The summed E-state index contributed by atoms with van der Waals surface area (Å²) in [5.41, 5.74) is 1.91. The molecule has 0 spiro atoms. The second-order valence-electron chi connectivity index (χ2n) is 3.73. The van der Waals surface area contributed by atoms with E-state index in [0.717, 1.165) is 41.0 Å². The highest BCUT2D eigenvalue weighted by molar-refractivity contribution is 6.35. The van der Waals surface area contributed by atoms with Gasteiger partial charge in [0.05, 0.1) is 16.2 Å². The lowest BCUT2D eigenvalue weighted by atomic mass is 10.2. The third kappa shape index (κ3) is 2.69. The summed E-state index contributed by atoms with van der Waals surface area (Å²) in [6, 6.07) is 7.69. The number of hydrogen-bond acceptors (Lipinski definition) is 2. The molecule has 0 saturated carbocycles. The van der Waals surface area contributed by atoms with Gasteiger partial charge in [-0.1, -0.05) is 11.6 Å². The fraction of sp³-hybridized carbons (Fsp3) is 0.214. The molecule has 2 aromatic rings. The van der Waals surface area contributed by atoms with Crippen molar-refractivity contribution in [3.8, 4) is 12.3 Å². The monoisotopic (exact) mass is 244 g/mol. The van der Waals surface area contributed by atoms with Crippen molar-refractivity contribution in [3.63, 3.8) is 0 Å². The Balaban J connectivity index is 2.23. The van der Waals surface area contributed by atoms with Gasteiger partial charge in [-0.25, -0.2) is 0 Å². The summed E-state index contributed by atoms with van der Waals surface area (Å²) < 4.78 is 0. The highest BCUT2D eigenvalue weighted by Gasteiger charge is 2.04. The zero-order valence-corrected chi connectivity index (χ0v) is 10.2. The molecule has 0 unspecified atom stereocenters. The van der Waals surface area contributed by atoms with Gasteiger partial charge < -0.3 is 5.32 Å².